The van der Waals surface area contributed by atoms with Crippen LogP contribution in [0.3, 0.4) is 0 Å². The number of nitrogens with one attached hydrogen (secondary N) is 2. The van der Waals surface area contributed by atoms with Crippen molar-refractivity contribution < 1.29 is 4.74 Å². The molecule has 18 heavy (non-hydrogen) atoms. The number of methoxy groups -OCH3 is 1. The molecule has 0 atom stereocenters. The molecule has 1 heterocycles. The highest BCUT2D eigenvalue weighted by atomic mass is 35.5. The molecular formula is C11H12ClN5O. The standard InChI is InChI=1S/C11H12ClN5O/c1-13-9-15-10(17-11(16-9)18-2)14-8-6-4-3-5-7(8)12/h3-6H,1-2H3,(H2,13,14,15,16,17). The summed E-state index contributed by atoms with van der Waals surface area (Å²) >= 11 is 6.04. The highest BCUT2D eigenvalue weighted by molar-refractivity contribution is 6.33. The Bertz CT molecular complexity index is 526. The van der Waals surface area contributed by atoms with Gasteiger partial charge in [-0.15, -0.1) is 0 Å². The summed E-state index contributed by atoms with van der Waals surface area (Å²) in [5.41, 5.74) is 0.717. The van der Waals surface area contributed by atoms with Gasteiger partial charge in [-0.3, -0.25) is 0 Å². The fourth-order valence-corrected chi connectivity index (χ4v) is 1.48. The molecule has 0 aliphatic rings. The maximum absolute atomic E-state index is 6.04. The zero-order chi connectivity index (χ0) is 13.0. The van der Waals surface area contributed by atoms with Gasteiger partial charge in [-0.1, -0.05) is 23.7 Å². The molecule has 2 N–H and O–H groups in total. The third kappa shape index (κ3) is 2.78. The lowest BCUT2D eigenvalue weighted by molar-refractivity contribution is 0.379. The minimum Gasteiger partial charge on any atom is -0.467 e. The molecule has 7 heteroatoms. The summed E-state index contributed by atoms with van der Waals surface area (Å²) in [6.07, 6.45) is 0. The molecular weight excluding hydrogens is 254 g/mol. The van der Waals surface area contributed by atoms with E-state index in [1.54, 1.807) is 13.1 Å². The number of para-hydroxylation sites is 1. The normalized spacial score (nSPS) is 9.94. The van der Waals surface area contributed by atoms with Crippen molar-refractivity contribution in [1.29, 1.82) is 0 Å². The van der Waals surface area contributed by atoms with Crippen LogP contribution >= 0.6 is 11.6 Å². The second kappa shape index (κ2) is 5.50. The largest absolute Gasteiger partial charge is 0.467 e. The number of hydrogen-bond acceptors (Lipinski definition) is 6. The third-order valence-electron chi connectivity index (χ3n) is 2.14. The molecule has 6 nitrogen and oxygen atoms in total. The molecule has 0 aliphatic heterocycles. The lowest BCUT2D eigenvalue weighted by Gasteiger charge is -2.08. The van der Waals surface area contributed by atoms with Gasteiger partial charge in [0.25, 0.3) is 0 Å². The summed E-state index contributed by atoms with van der Waals surface area (Å²) in [5, 5.41) is 6.42. The molecule has 0 spiro atoms. The van der Waals surface area contributed by atoms with Crippen molar-refractivity contribution in [2.75, 3.05) is 24.8 Å². The number of aromatic nitrogens is 3. The van der Waals surface area contributed by atoms with Crippen molar-refractivity contribution >= 4 is 29.2 Å². The van der Waals surface area contributed by atoms with Crippen LogP contribution in [0.1, 0.15) is 0 Å². The first-order chi connectivity index (χ1) is 8.72. The summed E-state index contributed by atoms with van der Waals surface area (Å²) in [7, 11) is 3.21. The van der Waals surface area contributed by atoms with Crippen LogP contribution < -0.4 is 15.4 Å². The zero-order valence-electron chi connectivity index (χ0n) is 9.94. The molecule has 2 rings (SSSR count). The van der Waals surface area contributed by atoms with E-state index in [0.29, 0.717) is 16.9 Å². The maximum Gasteiger partial charge on any atom is 0.322 e. The lowest BCUT2D eigenvalue weighted by atomic mass is 10.3. The Labute approximate surface area is 109 Å². The summed E-state index contributed by atoms with van der Waals surface area (Å²) in [6.45, 7) is 0. The number of rotatable bonds is 4. The van der Waals surface area contributed by atoms with Gasteiger partial charge in [0, 0.05) is 7.05 Å². The van der Waals surface area contributed by atoms with Crippen LogP contribution in [0.25, 0.3) is 0 Å². The summed E-state index contributed by atoms with van der Waals surface area (Å²) in [6, 6.07) is 7.55. The van der Waals surface area contributed by atoms with Crippen molar-refractivity contribution in [3.05, 3.63) is 29.3 Å². The van der Waals surface area contributed by atoms with Gasteiger partial charge in [-0.05, 0) is 12.1 Å². The van der Waals surface area contributed by atoms with Crippen molar-refractivity contribution in [2.45, 2.75) is 0 Å². The molecule has 0 bridgehead atoms. The van der Waals surface area contributed by atoms with Gasteiger partial charge in [-0.25, -0.2) is 0 Å². The van der Waals surface area contributed by atoms with E-state index in [0.717, 1.165) is 5.69 Å². The molecule has 2 aromatic rings. The predicted molar refractivity (Wildman–Crippen MR) is 70.7 cm³/mol. The molecule has 0 fully saturated rings. The van der Waals surface area contributed by atoms with Crippen LogP contribution in [0.15, 0.2) is 24.3 Å². The number of hydrogen-bond donors (Lipinski definition) is 2. The quantitative estimate of drug-likeness (QED) is 0.884. The second-order valence-corrected chi connectivity index (χ2v) is 3.73. The first-order valence-corrected chi connectivity index (χ1v) is 5.60. The highest BCUT2D eigenvalue weighted by Gasteiger charge is 2.07. The van der Waals surface area contributed by atoms with Gasteiger partial charge >= 0.3 is 6.01 Å². The van der Waals surface area contributed by atoms with E-state index < -0.39 is 0 Å². The van der Waals surface area contributed by atoms with E-state index in [2.05, 4.69) is 25.6 Å². The van der Waals surface area contributed by atoms with Crippen molar-refractivity contribution in [3.63, 3.8) is 0 Å². The van der Waals surface area contributed by atoms with Crippen LogP contribution in [0.5, 0.6) is 6.01 Å². The molecule has 0 radical (unpaired) electrons. The Balaban J connectivity index is 2.31. The van der Waals surface area contributed by atoms with Crippen LogP contribution in [-0.2, 0) is 0 Å². The minimum absolute atomic E-state index is 0.226. The lowest BCUT2D eigenvalue weighted by Crippen LogP contribution is -2.05. The molecule has 1 aromatic carbocycles. The molecule has 0 unspecified atom stereocenters. The maximum atomic E-state index is 6.04. The van der Waals surface area contributed by atoms with E-state index in [1.807, 2.05) is 18.2 Å². The Morgan fingerprint density at radius 1 is 1.11 bits per heavy atom. The number of anilines is 3. The molecule has 0 saturated heterocycles. The fourth-order valence-electron chi connectivity index (χ4n) is 1.30. The Kier molecular flexibility index (Phi) is 3.78. The van der Waals surface area contributed by atoms with Gasteiger partial charge < -0.3 is 15.4 Å². The van der Waals surface area contributed by atoms with Crippen molar-refractivity contribution in [1.82, 2.24) is 15.0 Å². The van der Waals surface area contributed by atoms with Crippen molar-refractivity contribution in [2.24, 2.45) is 0 Å². The minimum atomic E-state index is 0.226. The van der Waals surface area contributed by atoms with Crippen LogP contribution in [0.4, 0.5) is 17.6 Å². The SMILES string of the molecule is CNc1nc(Nc2ccccc2Cl)nc(OC)n1. The summed E-state index contributed by atoms with van der Waals surface area (Å²) in [4.78, 5) is 12.2. The van der Waals surface area contributed by atoms with E-state index in [1.165, 1.54) is 7.11 Å². The van der Waals surface area contributed by atoms with E-state index in [-0.39, 0.29) is 6.01 Å². The van der Waals surface area contributed by atoms with Crippen LogP contribution in [-0.4, -0.2) is 29.1 Å². The molecule has 0 aliphatic carbocycles. The van der Waals surface area contributed by atoms with E-state index in [9.17, 15) is 0 Å². The average Bonchev–Trinajstić information content (AvgIpc) is 2.41. The van der Waals surface area contributed by atoms with E-state index in [4.69, 9.17) is 16.3 Å². The van der Waals surface area contributed by atoms with Crippen LogP contribution in [0, 0.1) is 0 Å². The van der Waals surface area contributed by atoms with Crippen molar-refractivity contribution in [3.8, 4) is 6.01 Å². The van der Waals surface area contributed by atoms with Crippen LogP contribution in [0.2, 0.25) is 5.02 Å². The van der Waals surface area contributed by atoms with E-state index >= 15 is 0 Å². The predicted octanol–water partition coefficient (Wildman–Crippen LogP) is 2.32. The second-order valence-electron chi connectivity index (χ2n) is 3.32. The Morgan fingerprint density at radius 3 is 2.50 bits per heavy atom. The monoisotopic (exact) mass is 265 g/mol. The van der Waals surface area contributed by atoms with Gasteiger partial charge in [-0.2, -0.15) is 15.0 Å². The smallest absolute Gasteiger partial charge is 0.322 e. The Hall–Kier alpha value is -2.08. The van der Waals surface area contributed by atoms with Gasteiger partial charge in [0.05, 0.1) is 17.8 Å². The topological polar surface area (TPSA) is 72.0 Å². The number of halogens is 1. The first kappa shape index (κ1) is 12.4. The zero-order valence-corrected chi connectivity index (χ0v) is 10.7. The molecule has 0 amide bonds. The number of nitrogens with zero attached hydrogens (tertiary/aromatic N) is 3. The number of ether oxygens (including phenoxy) is 1. The first-order valence-electron chi connectivity index (χ1n) is 5.22. The highest BCUT2D eigenvalue weighted by Crippen LogP contribution is 2.24. The number of benzene rings is 1. The average molecular weight is 266 g/mol. The van der Waals surface area contributed by atoms with Gasteiger partial charge in [0.2, 0.25) is 11.9 Å². The summed E-state index contributed by atoms with van der Waals surface area (Å²) < 4.78 is 4.99. The Morgan fingerprint density at radius 2 is 1.83 bits per heavy atom. The van der Waals surface area contributed by atoms with Gasteiger partial charge in [0.15, 0.2) is 0 Å². The summed E-state index contributed by atoms with van der Waals surface area (Å²) in [5.74, 6) is 0.774. The third-order valence-corrected chi connectivity index (χ3v) is 2.47. The van der Waals surface area contributed by atoms with Gasteiger partial charge in [0.1, 0.15) is 0 Å². The molecule has 94 valence electrons. The molecule has 1 aromatic heterocycles. The fraction of sp³-hybridized carbons (Fsp3) is 0.182. The molecule has 0 saturated carbocycles.